The van der Waals surface area contributed by atoms with E-state index in [1.165, 1.54) is 18.2 Å². The molecule has 0 fully saturated rings. The minimum Gasteiger partial charge on any atom is -0.479 e. The molecule has 0 aliphatic heterocycles. The number of non-ortho nitro benzene ring substituents is 1. The molecule has 9 heteroatoms. The van der Waals surface area contributed by atoms with Crippen LogP contribution in [0.25, 0.3) is 0 Å². The molecule has 9 nitrogen and oxygen atoms in total. The Balaban J connectivity index is 2.68. The molecular formula is C12H15N3O6. The summed E-state index contributed by atoms with van der Waals surface area (Å²) < 4.78 is 0. The number of benzene rings is 1. The van der Waals surface area contributed by atoms with Crippen LogP contribution in [-0.2, 0) is 4.79 Å². The lowest BCUT2D eigenvalue weighted by Crippen LogP contribution is -2.47. The average Bonchev–Trinajstić information content (AvgIpc) is 2.38. The van der Waals surface area contributed by atoms with E-state index >= 15 is 0 Å². The molecule has 0 aliphatic rings. The van der Waals surface area contributed by atoms with Crippen molar-refractivity contribution in [3.8, 4) is 0 Å². The number of carboxylic acids is 1. The highest BCUT2D eigenvalue weighted by molar-refractivity contribution is 5.90. The number of urea groups is 1. The number of aliphatic carboxylic acids is 1. The zero-order chi connectivity index (χ0) is 16.2. The van der Waals surface area contributed by atoms with Gasteiger partial charge in [-0.15, -0.1) is 0 Å². The van der Waals surface area contributed by atoms with Crippen LogP contribution in [0.5, 0.6) is 0 Å². The van der Waals surface area contributed by atoms with Crippen molar-refractivity contribution < 1.29 is 24.7 Å². The van der Waals surface area contributed by atoms with Crippen LogP contribution in [-0.4, -0.2) is 39.3 Å². The zero-order valence-electron chi connectivity index (χ0n) is 11.4. The molecule has 1 aromatic rings. The van der Waals surface area contributed by atoms with Crippen LogP contribution >= 0.6 is 0 Å². The lowest BCUT2D eigenvalue weighted by Gasteiger charge is -2.18. The highest BCUT2D eigenvalue weighted by atomic mass is 16.6. The molecule has 0 saturated heterocycles. The molecular weight excluding hydrogens is 282 g/mol. The van der Waals surface area contributed by atoms with Gasteiger partial charge in [-0.05, 0) is 25.5 Å². The fourth-order valence-corrected chi connectivity index (χ4v) is 1.40. The van der Waals surface area contributed by atoms with Crippen LogP contribution in [0.2, 0.25) is 0 Å². The summed E-state index contributed by atoms with van der Waals surface area (Å²) in [6.45, 7) is 2.14. The van der Waals surface area contributed by atoms with Gasteiger partial charge in [0.05, 0.1) is 11.5 Å². The number of aryl methyl sites for hydroxylation is 1. The molecule has 1 aromatic carbocycles. The number of anilines is 1. The Labute approximate surface area is 119 Å². The van der Waals surface area contributed by atoms with Gasteiger partial charge in [-0.2, -0.15) is 0 Å². The Kier molecular flexibility index (Phi) is 4.82. The van der Waals surface area contributed by atoms with E-state index in [-0.39, 0.29) is 5.69 Å². The van der Waals surface area contributed by atoms with E-state index in [9.17, 15) is 24.8 Å². The number of amides is 2. The minimum absolute atomic E-state index is 0.104. The molecule has 0 aromatic heterocycles. The fourth-order valence-electron chi connectivity index (χ4n) is 1.40. The summed E-state index contributed by atoms with van der Waals surface area (Å²) in [5.41, 5.74) is -1.37. The number of hydrogen-bond acceptors (Lipinski definition) is 5. The second-order valence-corrected chi connectivity index (χ2v) is 4.64. The van der Waals surface area contributed by atoms with Crippen molar-refractivity contribution >= 4 is 23.4 Å². The zero-order valence-corrected chi connectivity index (χ0v) is 11.4. The predicted octanol–water partition coefficient (Wildman–Crippen LogP) is 0.860. The van der Waals surface area contributed by atoms with Gasteiger partial charge in [-0.3, -0.25) is 10.1 Å². The van der Waals surface area contributed by atoms with Crippen LogP contribution in [0.15, 0.2) is 18.2 Å². The van der Waals surface area contributed by atoms with Crippen molar-refractivity contribution in [3.05, 3.63) is 33.9 Å². The number of nitrogens with zero attached hydrogens (tertiary/aromatic N) is 1. The summed E-state index contributed by atoms with van der Waals surface area (Å²) in [6, 6.07) is 3.16. The number of hydrogen-bond donors (Lipinski definition) is 4. The number of nitro groups is 1. The second kappa shape index (κ2) is 6.18. The minimum atomic E-state index is -2.08. The first-order valence-electron chi connectivity index (χ1n) is 5.89. The first-order valence-corrected chi connectivity index (χ1v) is 5.89. The van der Waals surface area contributed by atoms with E-state index in [1.807, 2.05) is 0 Å². The number of nitro benzene ring substituents is 1. The van der Waals surface area contributed by atoms with Crippen molar-refractivity contribution in [2.24, 2.45) is 0 Å². The molecule has 1 atom stereocenters. The molecule has 21 heavy (non-hydrogen) atoms. The maximum atomic E-state index is 11.6. The lowest BCUT2D eigenvalue weighted by atomic mass is 10.1. The maximum Gasteiger partial charge on any atom is 0.337 e. The summed E-state index contributed by atoms with van der Waals surface area (Å²) in [5.74, 6) is -1.46. The summed E-state index contributed by atoms with van der Waals surface area (Å²) in [6.07, 6.45) is 0. The first-order chi connectivity index (χ1) is 9.63. The maximum absolute atomic E-state index is 11.6. The highest BCUT2D eigenvalue weighted by Gasteiger charge is 2.30. The van der Waals surface area contributed by atoms with Crippen molar-refractivity contribution in [2.75, 3.05) is 11.9 Å². The molecule has 1 rings (SSSR count). The number of nitrogens with one attached hydrogen (secondary N) is 2. The highest BCUT2D eigenvalue weighted by Crippen LogP contribution is 2.20. The topological polar surface area (TPSA) is 142 Å². The molecule has 0 saturated carbocycles. The van der Waals surface area contributed by atoms with Crippen LogP contribution in [0.1, 0.15) is 12.5 Å². The third kappa shape index (κ3) is 4.42. The average molecular weight is 297 g/mol. The van der Waals surface area contributed by atoms with Gasteiger partial charge in [-0.1, -0.05) is 0 Å². The second-order valence-electron chi connectivity index (χ2n) is 4.64. The Hall–Kier alpha value is -2.68. The predicted molar refractivity (Wildman–Crippen MR) is 73.1 cm³/mol. The van der Waals surface area contributed by atoms with E-state index in [4.69, 9.17) is 5.11 Å². The standard InChI is InChI=1S/C12H15N3O6/c1-7-5-8(15(20)21)3-4-9(7)14-11(18)13-6-12(2,19)10(16)17/h3-5,19H,6H2,1-2H3,(H,16,17)(H2,13,14,18). The van der Waals surface area contributed by atoms with Gasteiger partial charge >= 0.3 is 12.0 Å². The number of rotatable bonds is 5. The SMILES string of the molecule is Cc1cc([N+](=O)[O-])ccc1NC(=O)NCC(C)(O)C(=O)O. The number of carbonyl (C=O) groups is 2. The van der Waals surface area contributed by atoms with Crippen molar-refractivity contribution in [2.45, 2.75) is 19.4 Å². The molecule has 2 amide bonds. The van der Waals surface area contributed by atoms with Gasteiger partial charge in [0.2, 0.25) is 0 Å². The van der Waals surface area contributed by atoms with Gasteiger partial charge in [-0.25, -0.2) is 9.59 Å². The van der Waals surface area contributed by atoms with Crippen LogP contribution in [0.3, 0.4) is 0 Å². The Morgan fingerprint density at radius 2 is 2.05 bits per heavy atom. The Bertz CT molecular complexity index is 584. The Morgan fingerprint density at radius 3 is 2.52 bits per heavy atom. The molecule has 0 radical (unpaired) electrons. The smallest absolute Gasteiger partial charge is 0.337 e. The van der Waals surface area contributed by atoms with E-state index < -0.39 is 29.1 Å². The van der Waals surface area contributed by atoms with Crippen molar-refractivity contribution in [1.82, 2.24) is 5.32 Å². The van der Waals surface area contributed by atoms with Crippen molar-refractivity contribution in [3.63, 3.8) is 0 Å². The van der Waals surface area contributed by atoms with Gasteiger partial charge in [0.15, 0.2) is 5.60 Å². The molecule has 1 unspecified atom stereocenters. The Morgan fingerprint density at radius 1 is 1.43 bits per heavy atom. The molecule has 114 valence electrons. The van der Waals surface area contributed by atoms with Crippen LogP contribution in [0, 0.1) is 17.0 Å². The largest absolute Gasteiger partial charge is 0.479 e. The third-order valence-electron chi connectivity index (χ3n) is 2.72. The molecule has 4 N–H and O–H groups in total. The summed E-state index contributed by atoms with van der Waals surface area (Å²) in [7, 11) is 0. The normalized spacial score (nSPS) is 13.1. The van der Waals surface area contributed by atoms with E-state index in [0.29, 0.717) is 11.3 Å². The van der Waals surface area contributed by atoms with E-state index in [1.54, 1.807) is 6.92 Å². The van der Waals surface area contributed by atoms with Gasteiger partial charge < -0.3 is 20.8 Å². The monoisotopic (exact) mass is 297 g/mol. The number of aliphatic hydroxyl groups is 1. The molecule has 0 spiro atoms. The van der Waals surface area contributed by atoms with E-state index in [2.05, 4.69) is 10.6 Å². The lowest BCUT2D eigenvalue weighted by molar-refractivity contribution is -0.384. The van der Waals surface area contributed by atoms with Crippen molar-refractivity contribution in [1.29, 1.82) is 0 Å². The number of carboxylic acid groups (broad SMARTS) is 1. The van der Waals surface area contributed by atoms with Crippen LogP contribution < -0.4 is 10.6 Å². The van der Waals surface area contributed by atoms with E-state index in [0.717, 1.165) is 6.92 Å². The van der Waals surface area contributed by atoms with Gasteiger partial charge in [0, 0.05) is 17.8 Å². The third-order valence-corrected chi connectivity index (χ3v) is 2.72. The molecule has 0 heterocycles. The summed E-state index contributed by atoms with van der Waals surface area (Å²) >= 11 is 0. The van der Waals surface area contributed by atoms with Crippen LogP contribution in [0.4, 0.5) is 16.2 Å². The quantitative estimate of drug-likeness (QED) is 0.469. The summed E-state index contributed by atoms with van der Waals surface area (Å²) in [4.78, 5) is 32.3. The number of carbonyl (C=O) groups excluding carboxylic acids is 1. The fraction of sp³-hybridized carbons (Fsp3) is 0.333. The summed E-state index contributed by atoms with van der Waals surface area (Å²) in [5, 5.41) is 33.3. The molecule has 0 aliphatic carbocycles. The van der Waals surface area contributed by atoms with Gasteiger partial charge in [0.25, 0.3) is 5.69 Å². The first kappa shape index (κ1) is 16.4. The molecule has 0 bridgehead atoms. The van der Waals surface area contributed by atoms with Gasteiger partial charge in [0.1, 0.15) is 0 Å².